The number of hydrogen-bond acceptors (Lipinski definition) is 5. The second kappa shape index (κ2) is 5.29. The number of fused-ring (bicyclic) bond motifs is 1. The predicted molar refractivity (Wildman–Crippen MR) is 86.3 cm³/mol. The molecule has 2 N–H and O–H groups in total. The van der Waals surface area contributed by atoms with Gasteiger partial charge in [0.15, 0.2) is 5.65 Å². The van der Waals surface area contributed by atoms with Crippen molar-refractivity contribution in [1.29, 1.82) is 0 Å². The van der Waals surface area contributed by atoms with Gasteiger partial charge in [-0.25, -0.2) is 9.50 Å². The second-order valence-corrected chi connectivity index (χ2v) is 5.25. The van der Waals surface area contributed by atoms with Gasteiger partial charge in [0.2, 0.25) is 0 Å². The largest absolute Gasteiger partial charge is 0.326 e. The fraction of sp³-hybridized carbons (Fsp3) is 0.125. The average molecular weight is 305 g/mol. The Labute approximate surface area is 132 Å². The summed E-state index contributed by atoms with van der Waals surface area (Å²) in [5.41, 5.74) is 11.0. The monoisotopic (exact) mass is 305 g/mol. The van der Waals surface area contributed by atoms with Crippen LogP contribution in [0, 0.1) is 0 Å². The molecular formula is C16H15N7. The maximum absolute atomic E-state index is 5.81. The molecular weight excluding hydrogens is 290 g/mol. The summed E-state index contributed by atoms with van der Waals surface area (Å²) in [4.78, 5) is 8.82. The molecule has 0 aliphatic carbocycles. The molecule has 0 bridgehead atoms. The molecule has 4 aromatic rings. The van der Waals surface area contributed by atoms with Gasteiger partial charge in [0, 0.05) is 31.5 Å². The Morgan fingerprint density at radius 1 is 1.13 bits per heavy atom. The van der Waals surface area contributed by atoms with Gasteiger partial charge in [-0.05, 0) is 23.8 Å². The summed E-state index contributed by atoms with van der Waals surface area (Å²) in [6.45, 7) is 0.419. The zero-order valence-corrected chi connectivity index (χ0v) is 12.6. The molecule has 0 saturated heterocycles. The third kappa shape index (κ3) is 2.27. The molecule has 0 saturated carbocycles. The number of nitrogens with two attached hydrogens (primary N) is 1. The molecule has 0 atom stereocenters. The van der Waals surface area contributed by atoms with E-state index in [4.69, 9.17) is 10.8 Å². The van der Waals surface area contributed by atoms with Gasteiger partial charge in [0.05, 0.1) is 23.8 Å². The van der Waals surface area contributed by atoms with Crippen LogP contribution < -0.4 is 5.73 Å². The van der Waals surface area contributed by atoms with Crippen molar-refractivity contribution in [3.05, 3.63) is 54.6 Å². The van der Waals surface area contributed by atoms with E-state index < -0.39 is 0 Å². The highest BCUT2D eigenvalue weighted by molar-refractivity contribution is 5.64. The Morgan fingerprint density at radius 2 is 2.04 bits per heavy atom. The summed E-state index contributed by atoms with van der Waals surface area (Å²) in [7, 11) is 1.88. The van der Waals surface area contributed by atoms with Gasteiger partial charge in [0.1, 0.15) is 5.69 Å². The first-order chi connectivity index (χ1) is 11.3. The van der Waals surface area contributed by atoms with Crippen LogP contribution in [-0.4, -0.2) is 29.4 Å². The zero-order valence-electron chi connectivity index (χ0n) is 12.6. The smallest absolute Gasteiger partial charge is 0.154 e. The first-order valence-electron chi connectivity index (χ1n) is 7.24. The molecule has 7 nitrogen and oxygen atoms in total. The number of hydrogen-bond donors (Lipinski definition) is 1. The molecule has 0 aliphatic heterocycles. The van der Waals surface area contributed by atoms with Gasteiger partial charge in [-0.2, -0.15) is 10.2 Å². The average Bonchev–Trinajstić information content (AvgIpc) is 3.20. The topological polar surface area (TPSA) is 86.9 Å². The third-order valence-corrected chi connectivity index (χ3v) is 3.72. The molecule has 4 aromatic heterocycles. The van der Waals surface area contributed by atoms with E-state index in [2.05, 4.69) is 15.1 Å². The summed E-state index contributed by atoms with van der Waals surface area (Å²) in [6, 6.07) is 7.68. The second-order valence-electron chi connectivity index (χ2n) is 5.25. The maximum atomic E-state index is 5.81. The van der Waals surface area contributed by atoms with Crippen molar-refractivity contribution >= 4 is 5.65 Å². The fourth-order valence-corrected chi connectivity index (χ4v) is 2.58. The Balaban J connectivity index is 1.90. The molecule has 114 valence electrons. The van der Waals surface area contributed by atoms with Crippen molar-refractivity contribution in [3.63, 3.8) is 0 Å². The Bertz CT molecular complexity index is 983. The van der Waals surface area contributed by atoms with Gasteiger partial charge in [-0.1, -0.05) is 6.07 Å². The first kappa shape index (κ1) is 13.6. The standard InChI is InChI=1S/C16H15N7/c1-22-10-12(8-20-22)14-9-19-15-5-4-13(21-23(14)15)16-11(7-17)3-2-6-18-16/h2-6,8-10H,7,17H2,1H3. The van der Waals surface area contributed by atoms with Crippen molar-refractivity contribution in [3.8, 4) is 22.6 Å². The van der Waals surface area contributed by atoms with Crippen LogP contribution in [0.15, 0.2) is 49.1 Å². The minimum atomic E-state index is 0.419. The van der Waals surface area contributed by atoms with E-state index in [0.717, 1.165) is 33.9 Å². The van der Waals surface area contributed by atoms with E-state index in [0.29, 0.717) is 6.54 Å². The van der Waals surface area contributed by atoms with Gasteiger partial charge in [-0.15, -0.1) is 0 Å². The highest BCUT2D eigenvalue weighted by Crippen LogP contribution is 2.23. The van der Waals surface area contributed by atoms with Crippen molar-refractivity contribution in [1.82, 2.24) is 29.4 Å². The maximum Gasteiger partial charge on any atom is 0.154 e. The van der Waals surface area contributed by atoms with Crippen LogP contribution in [0.25, 0.3) is 28.3 Å². The number of rotatable bonds is 3. The molecule has 0 radical (unpaired) electrons. The van der Waals surface area contributed by atoms with E-state index in [1.54, 1.807) is 27.8 Å². The van der Waals surface area contributed by atoms with Gasteiger partial charge in [-0.3, -0.25) is 9.67 Å². The lowest BCUT2D eigenvalue weighted by Crippen LogP contribution is -2.03. The number of imidazole rings is 1. The van der Waals surface area contributed by atoms with Crippen molar-refractivity contribution in [2.75, 3.05) is 0 Å². The van der Waals surface area contributed by atoms with Crippen LogP contribution >= 0.6 is 0 Å². The SMILES string of the molecule is Cn1cc(-c2cnc3ccc(-c4ncccc4CN)nn23)cn1. The first-order valence-corrected chi connectivity index (χ1v) is 7.24. The molecule has 4 heterocycles. The van der Waals surface area contributed by atoms with Crippen LogP contribution in [0.5, 0.6) is 0 Å². The Morgan fingerprint density at radius 3 is 2.83 bits per heavy atom. The van der Waals surface area contributed by atoms with Crippen LogP contribution in [0.3, 0.4) is 0 Å². The summed E-state index contributed by atoms with van der Waals surface area (Å²) >= 11 is 0. The zero-order chi connectivity index (χ0) is 15.8. The molecule has 4 rings (SSSR count). The van der Waals surface area contributed by atoms with Crippen molar-refractivity contribution in [2.24, 2.45) is 12.8 Å². The lowest BCUT2D eigenvalue weighted by atomic mass is 10.1. The number of nitrogens with zero attached hydrogens (tertiary/aromatic N) is 6. The highest BCUT2D eigenvalue weighted by atomic mass is 15.3. The fourth-order valence-electron chi connectivity index (χ4n) is 2.58. The Hall–Kier alpha value is -3.06. The molecule has 0 aliphatic rings. The predicted octanol–water partition coefficient (Wildman–Crippen LogP) is 1.65. The van der Waals surface area contributed by atoms with Crippen LogP contribution in [0.4, 0.5) is 0 Å². The quantitative estimate of drug-likeness (QED) is 0.622. The van der Waals surface area contributed by atoms with E-state index in [1.165, 1.54) is 0 Å². The third-order valence-electron chi connectivity index (χ3n) is 3.72. The summed E-state index contributed by atoms with van der Waals surface area (Å²) in [6.07, 6.45) is 7.27. The van der Waals surface area contributed by atoms with E-state index in [9.17, 15) is 0 Å². The lowest BCUT2D eigenvalue weighted by Gasteiger charge is -2.06. The molecule has 0 aromatic carbocycles. The summed E-state index contributed by atoms with van der Waals surface area (Å²) in [5.74, 6) is 0. The van der Waals surface area contributed by atoms with E-state index in [-0.39, 0.29) is 0 Å². The van der Waals surface area contributed by atoms with Crippen LogP contribution in [0.1, 0.15) is 5.56 Å². The molecule has 0 fully saturated rings. The number of aromatic nitrogens is 6. The van der Waals surface area contributed by atoms with Gasteiger partial charge >= 0.3 is 0 Å². The minimum Gasteiger partial charge on any atom is -0.326 e. The normalized spacial score (nSPS) is 11.2. The summed E-state index contributed by atoms with van der Waals surface area (Å²) in [5, 5.41) is 8.91. The summed E-state index contributed by atoms with van der Waals surface area (Å²) < 4.78 is 3.56. The van der Waals surface area contributed by atoms with Gasteiger partial charge in [0.25, 0.3) is 0 Å². The van der Waals surface area contributed by atoms with Crippen LogP contribution in [-0.2, 0) is 13.6 Å². The van der Waals surface area contributed by atoms with E-state index in [1.807, 2.05) is 37.5 Å². The number of pyridine rings is 1. The molecule has 0 spiro atoms. The molecule has 0 amide bonds. The molecule has 0 unspecified atom stereocenters. The van der Waals surface area contributed by atoms with Crippen molar-refractivity contribution < 1.29 is 0 Å². The lowest BCUT2D eigenvalue weighted by molar-refractivity contribution is 0.768. The Kier molecular flexibility index (Phi) is 3.13. The number of aryl methyl sites for hydroxylation is 1. The van der Waals surface area contributed by atoms with Crippen molar-refractivity contribution in [2.45, 2.75) is 6.54 Å². The minimum absolute atomic E-state index is 0.419. The highest BCUT2D eigenvalue weighted by Gasteiger charge is 2.12. The van der Waals surface area contributed by atoms with E-state index >= 15 is 0 Å². The van der Waals surface area contributed by atoms with Gasteiger partial charge < -0.3 is 5.73 Å². The molecule has 23 heavy (non-hydrogen) atoms. The van der Waals surface area contributed by atoms with Crippen LogP contribution in [0.2, 0.25) is 0 Å². The molecule has 7 heteroatoms.